The molecule has 0 saturated carbocycles. The van der Waals surface area contributed by atoms with E-state index in [2.05, 4.69) is 22.1 Å². The maximum absolute atomic E-state index is 12.2. The highest BCUT2D eigenvalue weighted by molar-refractivity contribution is 5.92. The number of carbonyl (C=O) groups is 1. The fourth-order valence-corrected chi connectivity index (χ4v) is 2.69. The van der Waals surface area contributed by atoms with E-state index in [-0.39, 0.29) is 5.91 Å². The van der Waals surface area contributed by atoms with E-state index in [1.807, 2.05) is 29.4 Å². The quantitative estimate of drug-likeness (QED) is 0.896. The third kappa shape index (κ3) is 2.52. The molecule has 19 heavy (non-hydrogen) atoms. The van der Waals surface area contributed by atoms with Crippen molar-refractivity contribution in [1.29, 1.82) is 0 Å². The van der Waals surface area contributed by atoms with Crippen molar-refractivity contribution >= 4 is 5.91 Å². The average molecular weight is 255 g/mol. The predicted octanol–water partition coefficient (Wildman–Crippen LogP) is 2.43. The minimum Gasteiger partial charge on any atom is -0.357 e. The summed E-state index contributed by atoms with van der Waals surface area (Å²) in [6, 6.07) is 7.84. The summed E-state index contributed by atoms with van der Waals surface area (Å²) >= 11 is 0. The fourth-order valence-electron chi connectivity index (χ4n) is 2.69. The highest BCUT2D eigenvalue weighted by Crippen LogP contribution is 2.27. The molecule has 3 rings (SSSR count). The molecule has 1 fully saturated rings. The second-order valence-corrected chi connectivity index (χ2v) is 4.93. The first-order valence-corrected chi connectivity index (χ1v) is 6.67. The predicted molar refractivity (Wildman–Crippen MR) is 72.9 cm³/mol. The molecule has 0 radical (unpaired) electrons. The van der Waals surface area contributed by atoms with Crippen LogP contribution in [-0.2, 0) is 0 Å². The van der Waals surface area contributed by atoms with E-state index in [1.54, 1.807) is 6.20 Å². The molecule has 1 aliphatic heterocycles. The number of hydrogen-bond acceptors (Lipinski definition) is 2. The first-order valence-electron chi connectivity index (χ1n) is 6.67. The number of aromatic amines is 1. The molecule has 1 saturated heterocycles. The first kappa shape index (κ1) is 12.0. The van der Waals surface area contributed by atoms with Crippen molar-refractivity contribution in [3.8, 4) is 0 Å². The molecular formula is C15H17N3O. The molecule has 0 spiro atoms. The standard InChI is InChI=1S/C15H17N3O/c19-15(14-2-1-7-17-14)18-10-5-13(6-11-18)12-3-8-16-9-4-12/h1-4,7-9,13,17H,5-6,10-11H2. The van der Waals surface area contributed by atoms with Crippen molar-refractivity contribution in [2.24, 2.45) is 0 Å². The van der Waals surface area contributed by atoms with Gasteiger partial charge >= 0.3 is 0 Å². The lowest BCUT2D eigenvalue weighted by molar-refractivity contribution is 0.0708. The van der Waals surface area contributed by atoms with E-state index in [0.29, 0.717) is 11.6 Å². The van der Waals surface area contributed by atoms with Crippen LogP contribution in [0.4, 0.5) is 0 Å². The Morgan fingerprint density at radius 2 is 1.95 bits per heavy atom. The molecule has 4 nitrogen and oxygen atoms in total. The van der Waals surface area contributed by atoms with Gasteiger partial charge in [-0.05, 0) is 48.6 Å². The molecule has 3 heterocycles. The molecule has 0 aromatic carbocycles. The van der Waals surface area contributed by atoms with E-state index in [4.69, 9.17) is 0 Å². The number of pyridine rings is 1. The Labute approximate surface area is 112 Å². The molecule has 2 aromatic rings. The normalized spacial score (nSPS) is 16.5. The fraction of sp³-hybridized carbons (Fsp3) is 0.333. The Morgan fingerprint density at radius 3 is 2.58 bits per heavy atom. The number of rotatable bonds is 2. The minimum atomic E-state index is 0.109. The van der Waals surface area contributed by atoms with E-state index in [0.717, 1.165) is 25.9 Å². The van der Waals surface area contributed by atoms with Gasteiger partial charge in [-0.1, -0.05) is 0 Å². The van der Waals surface area contributed by atoms with Crippen molar-refractivity contribution in [2.45, 2.75) is 18.8 Å². The van der Waals surface area contributed by atoms with Gasteiger partial charge in [-0.25, -0.2) is 0 Å². The number of amides is 1. The zero-order valence-electron chi connectivity index (χ0n) is 10.7. The molecule has 1 aliphatic rings. The van der Waals surface area contributed by atoms with Gasteiger partial charge in [-0.2, -0.15) is 0 Å². The van der Waals surface area contributed by atoms with Crippen molar-refractivity contribution in [3.05, 3.63) is 54.1 Å². The minimum absolute atomic E-state index is 0.109. The maximum atomic E-state index is 12.2. The Hall–Kier alpha value is -2.10. The number of carbonyl (C=O) groups excluding carboxylic acids is 1. The lowest BCUT2D eigenvalue weighted by Crippen LogP contribution is -2.38. The highest BCUT2D eigenvalue weighted by Gasteiger charge is 2.24. The van der Waals surface area contributed by atoms with E-state index >= 15 is 0 Å². The smallest absolute Gasteiger partial charge is 0.270 e. The van der Waals surface area contributed by atoms with Gasteiger partial charge in [0.05, 0.1) is 0 Å². The molecule has 98 valence electrons. The van der Waals surface area contributed by atoms with Crippen LogP contribution in [-0.4, -0.2) is 33.9 Å². The number of likely N-dealkylation sites (tertiary alicyclic amines) is 1. The molecule has 0 bridgehead atoms. The van der Waals surface area contributed by atoms with Crippen LogP contribution >= 0.6 is 0 Å². The second kappa shape index (κ2) is 5.26. The summed E-state index contributed by atoms with van der Waals surface area (Å²) < 4.78 is 0. The van der Waals surface area contributed by atoms with E-state index in [1.165, 1.54) is 5.56 Å². The van der Waals surface area contributed by atoms with Crippen LogP contribution in [0.15, 0.2) is 42.9 Å². The van der Waals surface area contributed by atoms with Gasteiger partial charge in [0, 0.05) is 31.7 Å². The van der Waals surface area contributed by atoms with Gasteiger partial charge in [0.15, 0.2) is 0 Å². The zero-order chi connectivity index (χ0) is 13.1. The largest absolute Gasteiger partial charge is 0.357 e. The van der Waals surface area contributed by atoms with Crippen LogP contribution in [0.1, 0.15) is 34.8 Å². The summed E-state index contributed by atoms with van der Waals surface area (Å²) in [7, 11) is 0. The van der Waals surface area contributed by atoms with Crippen LogP contribution in [0, 0.1) is 0 Å². The first-order chi connectivity index (χ1) is 9.34. The molecule has 0 atom stereocenters. The number of nitrogens with one attached hydrogen (secondary N) is 1. The van der Waals surface area contributed by atoms with Crippen LogP contribution in [0.3, 0.4) is 0 Å². The number of aromatic nitrogens is 2. The number of H-pyrrole nitrogens is 1. The Bertz CT molecular complexity index is 528. The number of nitrogens with zero attached hydrogens (tertiary/aromatic N) is 2. The lowest BCUT2D eigenvalue weighted by Gasteiger charge is -2.32. The van der Waals surface area contributed by atoms with Crippen molar-refractivity contribution in [2.75, 3.05) is 13.1 Å². The Kier molecular flexibility index (Phi) is 3.31. The van der Waals surface area contributed by atoms with Gasteiger partial charge in [-0.15, -0.1) is 0 Å². The molecule has 0 aliphatic carbocycles. The zero-order valence-corrected chi connectivity index (χ0v) is 10.7. The van der Waals surface area contributed by atoms with Crippen molar-refractivity contribution in [1.82, 2.24) is 14.9 Å². The molecular weight excluding hydrogens is 238 g/mol. The molecule has 1 N–H and O–H groups in total. The maximum Gasteiger partial charge on any atom is 0.270 e. The molecule has 0 unspecified atom stereocenters. The summed E-state index contributed by atoms with van der Waals surface area (Å²) in [6.07, 6.45) is 7.52. The number of hydrogen-bond donors (Lipinski definition) is 1. The summed E-state index contributed by atoms with van der Waals surface area (Å²) in [5.41, 5.74) is 2.02. The third-order valence-electron chi connectivity index (χ3n) is 3.79. The van der Waals surface area contributed by atoms with E-state index < -0.39 is 0 Å². The van der Waals surface area contributed by atoms with Gasteiger partial charge < -0.3 is 9.88 Å². The summed E-state index contributed by atoms with van der Waals surface area (Å²) in [5.74, 6) is 0.661. The van der Waals surface area contributed by atoms with Gasteiger partial charge in [0.1, 0.15) is 5.69 Å². The SMILES string of the molecule is O=C(c1ccc[nH]1)N1CCC(c2ccncc2)CC1. The molecule has 4 heteroatoms. The van der Waals surface area contributed by atoms with Gasteiger partial charge in [0.2, 0.25) is 0 Å². The van der Waals surface area contributed by atoms with Crippen LogP contribution in [0.2, 0.25) is 0 Å². The van der Waals surface area contributed by atoms with Crippen LogP contribution < -0.4 is 0 Å². The van der Waals surface area contributed by atoms with Gasteiger partial charge in [-0.3, -0.25) is 9.78 Å². The van der Waals surface area contributed by atoms with Gasteiger partial charge in [0.25, 0.3) is 5.91 Å². The Morgan fingerprint density at radius 1 is 1.21 bits per heavy atom. The van der Waals surface area contributed by atoms with Crippen LogP contribution in [0.25, 0.3) is 0 Å². The highest BCUT2D eigenvalue weighted by atomic mass is 16.2. The molecule has 2 aromatic heterocycles. The average Bonchev–Trinajstić information content (AvgIpc) is 3.02. The number of piperidine rings is 1. The summed E-state index contributed by atoms with van der Waals surface area (Å²) in [6.45, 7) is 1.65. The summed E-state index contributed by atoms with van der Waals surface area (Å²) in [5, 5.41) is 0. The molecule has 1 amide bonds. The van der Waals surface area contributed by atoms with Crippen LogP contribution in [0.5, 0.6) is 0 Å². The Balaban J connectivity index is 1.62. The topological polar surface area (TPSA) is 49.0 Å². The second-order valence-electron chi connectivity index (χ2n) is 4.93. The third-order valence-corrected chi connectivity index (χ3v) is 3.79. The lowest BCUT2D eigenvalue weighted by atomic mass is 9.90. The monoisotopic (exact) mass is 255 g/mol. The summed E-state index contributed by atoms with van der Waals surface area (Å²) in [4.78, 5) is 21.1. The van der Waals surface area contributed by atoms with E-state index in [9.17, 15) is 4.79 Å². The van der Waals surface area contributed by atoms with Crippen molar-refractivity contribution in [3.63, 3.8) is 0 Å². The van der Waals surface area contributed by atoms with Crippen molar-refractivity contribution < 1.29 is 4.79 Å².